The van der Waals surface area contributed by atoms with E-state index in [0.717, 1.165) is 6.26 Å². The lowest BCUT2D eigenvalue weighted by Gasteiger charge is -1.90. The Balaban J connectivity index is 0. The quantitative estimate of drug-likeness (QED) is 0.459. The topological polar surface area (TPSA) is 89.6 Å². The zero-order valence-electron chi connectivity index (χ0n) is 7.11. The molecule has 3 N–H and O–H groups in total. The van der Waals surface area contributed by atoms with Crippen LogP contribution in [-0.2, 0) is 14.3 Å². The van der Waals surface area contributed by atoms with Crippen LogP contribution in [0, 0.1) is 0 Å². The molecule has 0 aromatic carbocycles. The lowest BCUT2D eigenvalue weighted by atomic mass is 10.4. The Morgan fingerprint density at radius 2 is 2.00 bits per heavy atom. The van der Waals surface area contributed by atoms with Crippen LogP contribution in [0.5, 0.6) is 0 Å². The van der Waals surface area contributed by atoms with Gasteiger partial charge >= 0.3 is 11.9 Å². The van der Waals surface area contributed by atoms with E-state index in [0.29, 0.717) is 0 Å². The highest BCUT2D eigenvalue weighted by Gasteiger charge is 1.99. The fourth-order valence-corrected chi connectivity index (χ4v) is 0.117. The Bertz CT molecular complexity index is 165. The number of hydrogen-bond acceptors (Lipinski definition) is 4. The molecule has 0 radical (unpaired) electrons. The van der Waals surface area contributed by atoms with E-state index >= 15 is 0 Å². The summed E-state index contributed by atoms with van der Waals surface area (Å²) in [6.07, 6.45) is 1.10. The van der Waals surface area contributed by atoms with Gasteiger partial charge in [0.15, 0.2) is 0 Å². The van der Waals surface area contributed by atoms with Crippen molar-refractivity contribution in [3.63, 3.8) is 0 Å². The lowest BCUT2D eigenvalue weighted by Crippen LogP contribution is -2.25. The molecule has 0 aliphatic carbocycles. The predicted molar refractivity (Wildman–Crippen MR) is 43.2 cm³/mol. The van der Waals surface area contributed by atoms with Crippen LogP contribution >= 0.6 is 0 Å². The van der Waals surface area contributed by atoms with Crippen molar-refractivity contribution in [1.29, 1.82) is 0 Å². The first kappa shape index (κ1) is 13.2. The molecule has 1 atom stereocenters. The second-order valence-electron chi connectivity index (χ2n) is 1.90. The van der Waals surface area contributed by atoms with Gasteiger partial charge in [0.2, 0.25) is 0 Å². The number of ether oxygens (including phenoxy) is 1. The maximum atomic E-state index is 9.75. The summed E-state index contributed by atoms with van der Waals surface area (Å²) in [7, 11) is 0. The highest BCUT2D eigenvalue weighted by molar-refractivity contribution is 5.72. The molecule has 0 saturated carbocycles. The van der Waals surface area contributed by atoms with Gasteiger partial charge in [-0.3, -0.25) is 9.59 Å². The monoisotopic (exact) mass is 175 g/mol. The van der Waals surface area contributed by atoms with Crippen molar-refractivity contribution in [3.05, 3.63) is 12.8 Å². The van der Waals surface area contributed by atoms with E-state index in [4.69, 9.17) is 10.8 Å². The van der Waals surface area contributed by atoms with E-state index < -0.39 is 12.0 Å². The van der Waals surface area contributed by atoms with Crippen molar-refractivity contribution in [1.82, 2.24) is 0 Å². The van der Waals surface area contributed by atoms with Crippen molar-refractivity contribution in [2.75, 3.05) is 0 Å². The van der Waals surface area contributed by atoms with Gasteiger partial charge in [0.1, 0.15) is 6.04 Å². The van der Waals surface area contributed by atoms with Crippen LogP contribution in [0.2, 0.25) is 0 Å². The SMILES string of the molecule is C=COC(C)=O.CC(N)C(=O)O. The van der Waals surface area contributed by atoms with Gasteiger partial charge in [0.25, 0.3) is 0 Å². The van der Waals surface area contributed by atoms with Crippen LogP contribution in [0.3, 0.4) is 0 Å². The Hall–Kier alpha value is -1.36. The average molecular weight is 175 g/mol. The second-order valence-corrected chi connectivity index (χ2v) is 1.90. The standard InChI is InChI=1S/C4H6O2.C3H7NO2/c1-3-6-4(2)5;1-2(4)3(5)6/h3H,1H2,2H3;2H,4H2,1H3,(H,5,6). The summed E-state index contributed by atoms with van der Waals surface area (Å²) in [6.45, 7) is 5.90. The molecule has 0 rings (SSSR count). The van der Waals surface area contributed by atoms with Crippen LogP contribution in [-0.4, -0.2) is 23.1 Å². The molecule has 5 nitrogen and oxygen atoms in total. The van der Waals surface area contributed by atoms with Gasteiger partial charge in [-0.05, 0) is 6.92 Å². The summed E-state index contributed by atoms with van der Waals surface area (Å²) in [6, 6.07) is -0.731. The third kappa shape index (κ3) is 15.9. The molecule has 0 aliphatic heterocycles. The van der Waals surface area contributed by atoms with Crippen molar-refractivity contribution in [2.45, 2.75) is 19.9 Å². The minimum absolute atomic E-state index is 0.329. The summed E-state index contributed by atoms with van der Waals surface area (Å²) >= 11 is 0. The molecule has 0 bridgehead atoms. The summed E-state index contributed by atoms with van der Waals surface area (Å²) < 4.78 is 4.17. The molecule has 0 saturated heterocycles. The molecular weight excluding hydrogens is 162 g/mol. The third-order valence-corrected chi connectivity index (χ3v) is 0.639. The molecule has 5 heteroatoms. The summed E-state index contributed by atoms with van der Waals surface area (Å²) in [5, 5.41) is 7.87. The number of carbonyl (C=O) groups is 2. The second kappa shape index (κ2) is 7.74. The summed E-state index contributed by atoms with van der Waals surface area (Å²) in [4.78, 5) is 19.3. The van der Waals surface area contributed by atoms with Gasteiger partial charge in [-0.2, -0.15) is 0 Å². The van der Waals surface area contributed by atoms with E-state index in [-0.39, 0.29) is 5.97 Å². The minimum atomic E-state index is -0.963. The first-order valence-electron chi connectivity index (χ1n) is 3.18. The van der Waals surface area contributed by atoms with E-state index in [9.17, 15) is 9.59 Å². The van der Waals surface area contributed by atoms with Crippen LogP contribution < -0.4 is 5.73 Å². The van der Waals surface area contributed by atoms with Crippen LogP contribution in [0.1, 0.15) is 13.8 Å². The maximum Gasteiger partial charge on any atom is 0.320 e. The Morgan fingerprint density at radius 3 is 2.00 bits per heavy atom. The molecule has 0 aliphatic rings. The highest BCUT2D eigenvalue weighted by Crippen LogP contribution is 1.70. The van der Waals surface area contributed by atoms with Gasteiger partial charge in [0, 0.05) is 6.92 Å². The van der Waals surface area contributed by atoms with Gasteiger partial charge in [0.05, 0.1) is 6.26 Å². The van der Waals surface area contributed by atoms with Crippen LogP contribution in [0.15, 0.2) is 12.8 Å². The third-order valence-electron chi connectivity index (χ3n) is 0.639. The van der Waals surface area contributed by atoms with Crippen molar-refractivity contribution in [2.24, 2.45) is 5.73 Å². The average Bonchev–Trinajstić information content (AvgIpc) is 1.87. The van der Waals surface area contributed by atoms with Crippen molar-refractivity contribution < 1.29 is 19.4 Å². The number of carboxylic acid groups (broad SMARTS) is 1. The van der Waals surface area contributed by atoms with Crippen molar-refractivity contribution in [3.8, 4) is 0 Å². The minimum Gasteiger partial charge on any atom is -0.480 e. The Labute approximate surface area is 70.8 Å². The number of aliphatic carboxylic acids is 1. The lowest BCUT2D eigenvalue weighted by molar-refractivity contribution is -0.138. The molecule has 0 spiro atoms. The van der Waals surface area contributed by atoms with Gasteiger partial charge < -0.3 is 15.6 Å². The predicted octanol–water partition coefficient (Wildman–Crippen LogP) is 0.111. The van der Waals surface area contributed by atoms with E-state index in [1.165, 1.54) is 13.8 Å². The van der Waals surface area contributed by atoms with E-state index in [1.54, 1.807) is 0 Å². The number of hydrogen-bond donors (Lipinski definition) is 2. The number of carboxylic acids is 1. The van der Waals surface area contributed by atoms with Crippen LogP contribution in [0.25, 0.3) is 0 Å². The fraction of sp³-hybridized carbons (Fsp3) is 0.429. The molecule has 12 heavy (non-hydrogen) atoms. The molecule has 0 fully saturated rings. The van der Waals surface area contributed by atoms with Crippen LogP contribution in [0.4, 0.5) is 0 Å². The Kier molecular flexibility index (Phi) is 8.55. The Morgan fingerprint density at radius 1 is 1.67 bits per heavy atom. The molecule has 70 valence electrons. The first-order valence-corrected chi connectivity index (χ1v) is 3.18. The normalized spacial score (nSPS) is 10.2. The number of carbonyl (C=O) groups excluding carboxylic acids is 1. The molecule has 0 aromatic rings. The number of rotatable bonds is 2. The highest BCUT2D eigenvalue weighted by atomic mass is 16.5. The first-order chi connectivity index (χ1) is 5.41. The largest absolute Gasteiger partial charge is 0.480 e. The van der Waals surface area contributed by atoms with E-state index in [1.807, 2.05) is 0 Å². The molecule has 0 amide bonds. The summed E-state index contributed by atoms with van der Waals surface area (Å²) in [5.41, 5.74) is 4.84. The zero-order valence-corrected chi connectivity index (χ0v) is 7.11. The maximum absolute atomic E-state index is 9.75. The van der Waals surface area contributed by atoms with Gasteiger partial charge in [-0.15, -0.1) is 0 Å². The van der Waals surface area contributed by atoms with Gasteiger partial charge in [-0.1, -0.05) is 6.58 Å². The molecular formula is C7H13NO4. The fourth-order valence-electron chi connectivity index (χ4n) is 0.117. The molecule has 0 aromatic heterocycles. The number of nitrogens with two attached hydrogens (primary N) is 1. The van der Waals surface area contributed by atoms with E-state index in [2.05, 4.69) is 11.3 Å². The van der Waals surface area contributed by atoms with Crippen molar-refractivity contribution >= 4 is 11.9 Å². The van der Waals surface area contributed by atoms with Gasteiger partial charge in [-0.25, -0.2) is 0 Å². The molecule has 1 unspecified atom stereocenters. The summed E-state index contributed by atoms with van der Waals surface area (Å²) in [5.74, 6) is -1.29. The smallest absolute Gasteiger partial charge is 0.320 e. The zero-order chi connectivity index (χ0) is 10.1. The molecule has 0 heterocycles. The number of esters is 1.